The zero-order valence-electron chi connectivity index (χ0n) is 23.2. The van der Waals surface area contributed by atoms with Gasteiger partial charge in [0.25, 0.3) is 5.82 Å². The van der Waals surface area contributed by atoms with Gasteiger partial charge in [-0.2, -0.15) is 0 Å². The van der Waals surface area contributed by atoms with Crippen LogP contribution in [0.1, 0.15) is 168 Å². The lowest BCUT2D eigenvalue weighted by atomic mass is 10.0. The minimum Gasteiger partial charge on any atom is -0.234 e. The first kappa shape index (κ1) is 30.2. The van der Waals surface area contributed by atoms with Crippen LogP contribution in [0.3, 0.4) is 0 Å². The summed E-state index contributed by atoms with van der Waals surface area (Å²) in [6, 6.07) is 0. The molecule has 0 aliphatic carbocycles. The Balaban J connectivity index is 2.00. The van der Waals surface area contributed by atoms with E-state index in [1.165, 1.54) is 160 Å². The Hall–Kier alpha value is -0.790. The fourth-order valence-electron chi connectivity index (χ4n) is 5.20. The predicted octanol–water partition coefficient (Wildman–Crippen LogP) is 9.96. The Bertz CT molecular complexity index is 519. The Morgan fingerprint density at radius 2 is 0.909 bits per heavy atom. The molecule has 194 valence electrons. The molecule has 2 heteroatoms. The molecule has 0 N–H and O–H groups in total. The summed E-state index contributed by atoms with van der Waals surface area (Å²) >= 11 is 0. The number of nitrogens with zero attached hydrogens (tertiary/aromatic N) is 2. The highest BCUT2D eigenvalue weighted by molar-refractivity contribution is 4.83. The Kier molecular flexibility index (Phi) is 21.1. The second-order valence-corrected chi connectivity index (χ2v) is 10.5. The minimum atomic E-state index is 1.16. The number of hydrogen-bond donors (Lipinski definition) is 0. The minimum absolute atomic E-state index is 1.16. The van der Waals surface area contributed by atoms with Crippen molar-refractivity contribution >= 4 is 0 Å². The number of unbranched alkanes of at least 4 members (excludes halogenated alkanes) is 20. The third-order valence-corrected chi connectivity index (χ3v) is 7.41. The fraction of sp³-hybridized carbons (Fsp3) is 0.903. The molecule has 0 saturated carbocycles. The van der Waals surface area contributed by atoms with E-state index in [1.807, 2.05) is 0 Å². The van der Waals surface area contributed by atoms with E-state index in [9.17, 15) is 0 Å². The molecular weight excluding hydrogens is 400 g/mol. The first-order valence-corrected chi connectivity index (χ1v) is 15.4. The molecule has 0 radical (unpaired) electrons. The molecule has 1 aromatic heterocycles. The fourth-order valence-corrected chi connectivity index (χ4v) is 5.20. The van der Waals surface area contributed by atoms with Crippen LogP contribution in [0.2, 0.25) is 0 Å². The third-order valence-electron chi connectivity index (χ3n) is 7.41. The highest BCUT2D eigenvalue weighted by Gasteiger charge is 2.14. The van der Waals surface area contributed by atoms with Gasteiger partial charge in [0.15, 0.2) is 0 Å². The van der Waals surface area contributed by atoms with Gasteiger partial charge in [0.1, 0.15) is 12.4 Å². The molecule has 1 heterocycles. The maximum absolute atomic E-state index is 2.53. The third kappa shape index (κ3) is 16.5. The molecule has 0 amide bonds. The largest absolute Gasteiger partial charge is 0.256 e. The van der Waals surface area contributed by atoms with Gasteiger partial charge in [0, 0.05) is 6.42 Å². The molecule has 1 aromatic rings. The molecule has 33 heavy (non-hydrogen) atoms. The predicted molar refractivity (Wildman–Crippen MR) is 147 cm³/mol. The number of rotatable bonds is 25. The highest BCUT2D eigenvalue weighted by Crippen LogP contribution is 2.14. The van der Waals surface area contributed by atoms with Crippen molar-refractivity contribution in [3.8, 4) is 0 Å². The Morgan fingerprint density at radius 1 is 0.515 bits per heavy atom. The summed E-state index contributed by atoms with van der Waals surface area (Å²) in [5.74, 6) is 1.53. The molecule has 0 aliphatic heterocycles. The van der Waals surface area contributed by atoms with E-state index in [1.54, 1.807) is 0 Å². The van der Waals surface area contributed by atoms with Crippen LogP contribution < -0.4 is 4.57 Å². The zero-order valence-corrected chi connectivity index (χ0v) is 23.2. The van der Waals surface area contributed by atoms with Gasteiger partial charge in [-0.25, -0.2) is 9.13 Å². The Morgan fingerprint density at radius 3 is 1.33 bits per heavy atom. The van der Waals surface area contributed by atoms with E-state index in [0.717, 1.165) is 6.42 Å². The first-order chi connectivity index (χ1) is 16.3. The van der Waals surface area contributed by atoms with Gasteiger partial charge in [0.2, 0.25) is 0 Å². The summed E-state index contributed by atoms with van der Waals surface area (Å²) in [6.45, 7) is 9.35. The molecule has 0 aliphatic rings. The van der Waals surface area contributed by atoms with Crippen molar-refractivity contribution in [1.82, 2.24) is 4.57 Å². The molecule has 0 saturated heterocycles. The summed E-state index contributed by atoms with van der Waals surface area (Å²) in [5.41, 5.74) is 0. The second-order valence-electron chi connectivity index (χ2n) is 10.5. The van der Waals surface area contributed by atoms with E-state index < -0.39 is 0 Å². The van der Waals surface area contributed by atoms with Crippen LogP contribution in [0.5, 0.6) is 0 Å². The van der Waals surface area contributed by atoms with Gasteiger partial charge in [-0.1, -0.05) is 136 Å². The molecule has 0 spiro atoms. The van der Waals surface area contributed by atoms with Crippen LogP contribution in [-0.2, 0) is 19.5 Å². The summed E-state index contributed by atoms with van der Waals surface area (Å²) < 4.78 is 5.06. The maximum atomic E-state index is 2.53. The smallest absolute Gasteiger partial charge is 0.234 e. The van der Waals surface area contributed by atoms with Crippen molar-refractivity contribution in [3.63, 3.8) is 0 Å². The number of aromatic nitrogens is 2. The Labute approximate surface area is 208 Å². The molecule has 0 unspecified atom stereocenters. The lowest BCUT2D eigenvalue weighted by Crippen LogP contribution is -2.37. The highest BCUT2D eigenvalue weighted by atomic mass is 15.1. The standard InChI is InChI=1S/C31H61N2/c1-4-7-9-11-13-15-16-17-18-19-20-22-24-26-28-33-30-29-32(31(33)6-3)27-25-23-21-14-12-10-8-5-2/h29-30H,4-28H2,1-3H3/q+1. The normalized spacial score (nSPS) is 11.5. The van der Waals surface area contributed by atoms with Crippen molar-refractivity contribution in [2.75, 3.05) is 0 Å². The van der Waals surface area contributed by atoms with Crippen molar-refractivity contribution in [2.45, 2.75) is 182 Å². The van der Waals surface area contributed by atoms with Gasteiger partial charge >= 0.3 is 0 Å². The molecule has 0 bridgehead atoms. The number of aryl methyl sites for hydroxylation is 2. The lowest BCUT2D eigenvalue weighted by molar-refractivity contribution is -0.704. The summed E-state index contributed by atoms with van der Waals surface area (Å²) in [4.78, 5) is 0. The van der Waals surface area contributed by atoms with E-state index in [2.05, 4.69) is 42.3 Å². The quantitative estimate of drug-likeness (QED) is 0.101. The summed E-state index contributed by atoms with van der Waals surface area (Å²) in [5, 5.41) is 0. The van der Waals surface area contributed by atoms with Crippen LogP contribution in [0.4, 0.5) is 0 Å². The molecule has 0 aromatic carbocycles. The van der Waals surface area contributed by atoms with Gasteiger partial charge < -0.3 is 0 Å². The zero-order chi connectivity index (χ0) is 23.8. The van der Waals surface area contributed by atoms with E-state index in [0.29, 0.717) is 0 Å². The van der Waals surface area contributed by atoms with Gasteiger partial charge in [0.05, 0.1) is 13.1 Å². The SMILES string of the molecule is CCCCCCCCCCCCCCCCn1cc[n+](CCCCCCCCCC)c1CC. The van der Waals surface area contributed by atoms with Crippen LogP contribution in [-0.4, -0.2) is 4.57 Å². The molecule has 2 nitrogen and oxygen atoms in total. The molecular formula is C31H61N2+. The van der Waals surface area contributed by atoms with Crippen LogP contribution in [0.25, 0.3) is 0 Å². The van der Waals surface area contributed by atoms with Crippen molar-refractivity contribution in [2.24, 2.45) is 0 Å². The van der Waals surface area contributed by atoms with Crippen molar-refractivity contribution in [3.05, 3.63) is 18.2 Å². The second kappa shape index (κ2) is 23.0. The average Bonchev–Trinajstić information content (AvgIpc) is 3.22. The summed E-state index contributed by atoms with van der Waals surface area (Å²) in [6.07, 6.45) is 37.2. The maximum Gasteiger partial charge on any atom is 0.256 e. The van der Waals surface area contributed by atoms with Crippen molar-refractivity contribution in [1.29, 1.82) is 0 Å². The van der Waals surface area contributed by atoms with Crippen molar-refractivity contribution < 1.29 is 4.57 Å². The first-order valence-electron chi connectivity index (χ1n) is 15.4. The molecule has 0 fully saturated rings. The number of hydrogen-bond acceptors (Lipinski definition) is 0. The van der Waals surface area contributed by atoms with Gasteiger partial charge in [-0.15, -0.1) is 0 Å². The topological polar surface area (TPSA) is 8.81 Å². The van der Waals surface area contributed by atoms with Gasteiger partial charge in [-0.05, 0) is 25.7 Å². The van der Waals surface area contributed by atoms with Gasteiger partial charge in [-0.3, -0.25) is 0 Å². The number of imidazole rings is 1. The van der Waals surface area contributed by atoms with E-state index in [4.69, 9.17) is 0 Å². The van der Waals surface area contributed by atoms with E-state index in [-0.39, 0.29) is 0 Å². The average molecular weight is 462 g/mol. The molecule has 1 rings (SSSR count). The molecule has 0 atom stereocenters. The lowest BCUT2D eigenvalue weighted by Gasteiger charge is -2.05. The van der Waals surface area contributed by atoms with Crippen LogP contribution in [0.15, 0.2) is 12.4 Å². The monoisotopic (exact) mass is 461 g/mol. The van der Waals surface area contributed by atoms with E-state index >= 15 is 0 Å². The summed E-state index contributed by atoms with van der Waals surface area (Å²) in [7, 11) is 0. The van der Waals surface area contributed by atoms with Crippen LogP contribution in [0, 0.1) is 0 Å². The van der Waals surface area contributed by atoms with Crippen LogP contribution >= 0.6 is 0 Å².